The lowest BCUT2D eigenvalue weighted by Gasteiger charge is -1.91. The van der Waals surface area contributed by atoms with Gasteiger partial charge < -0.3 is 4.66 Å². The van der Waals surface area contributed by atoms with E-state index in [1.807, 2.05) is 6.92 Å². The molecule has 0 radical (unpaired) electrons. The van der Waals surface area contributed by atoms with Crippen LogP contribution in [0.4, 0.5) is 0 Å². The van der Waals surface area contributed by atoms with E-state index in [4.69, 9.17) is 0 Å². The maximum Gasteiger partial charge on any atom is 0.396 e. The van der Waals surface area contributed by atoms with Crippen molar-refractivity contribution in [1.82, 2.24) is 0 Å². The third-order valence-corrected chi connectivity index (χ3v) is 1.34. The van der Waals surface area contributed by atoms with Gasteiger partial charge in [-0.1, -0.05) is 19.8 Å². The molecule has 0 aromatic heterocycles. The van der Waals surface area contributed by atoms with Crippen LogP contribution < -0.4 is 4.66 Å². The van der Waals surface area contributed by atoms with Gasteiger partial charge in [-0.3, -0.25) is 0 Å². The fraction of sp³-hybridized carbons (Fsp3) is 0.833. The first-order valence-electron chi connectivity index (χ1n) is 3.28. The Bertz CT molecular complexity index is 95.0. The minimum absolute atomic E-state index is 0.277. The number of halogens is 1. The van der Waals surface area contributed by atoms with Crippen LogP contribution in [0, 0.1) is 11.3 Å². The van der Waals surface area contributed by atoms with Crippen molar-refractivity contribution in [2.45, 2.75) is 32.6 Å². The molecular weight excluding hydrogens is 156 g/mol. The minimum Gasteiger partial charge on any atom is -0.495 e. The van der Waals surface area contributed by atoms with E-state index in [0.29, 0.717) is 6.42 Å². The van der Waals surface area contributed by atoms with Crippen molar-refractivity contribution in [1.29, 1.82) is 0 Å². The zero-order valence-corrected chi connectivity index (χ0v) is 6.69. The van der Waals surface area contributed by atoms with E-state index in [9.17, 15) is 9.45 Å². The molecule has 0 heterocycles. The van der Waals surface area contributed by atoms with Gasteiger partial charge in [0.15, 0.2) is 0 Å². The largest absolute Gasteiger partial charge is 0.495 e. The zero-order valence-electron chi connectivity index (χ0n) is 5.93. The summed E-state index contributed by atoms with van der Waals surface area (Å²) in [5, 5.41) is 0. The maximum atomic E-state index is 10.5. The molecule has 0 N–H and O–H groups in total. The van der Waals surface area contributed by atoms with E-state index in [1.165, 1.54) is 0 Å². The van der Waals surface area contributed by atoms with Crippen LogP contribution in [-0.4, -0.2) is 5.97 Å². The van der Waals surface area contributed by atoms with Crippen molar-refractivity contribution < 1.29 is 25.1 Å². The van der Waals surface area contributed by atoms with E-state index in [1.54, 1.807) is 0 Å². The van der Waals surface area contributed by atoms with Gasteiger partial charge in [0.1, 0.15) is 0 Å². The van der Waals surface area contributed by atoms with Gasteiger partial charge in [-0.25, -0.2) is 4.79 Å². The highest BCUT2D eigenvalue weighted by Crippen LogP contribution is 1.99. The molecule has 0 aromatic carbocycles. The Hall–Kier alpha value is -0.280. The van der Waals surface area contributed by atoms with E-state index in [2.05, 4.69) is 4.29 Å². The molecule has 60 valence electrons. The zero-order chi connectivity index (χ0) is 7.82. The number of carbonyl (C=O) groups is 1. The van der Waals surface area contributed by atoms with Crippen LogP contribution in [0.5, 0.6) is 0 Å². The first-order chi connectivity index (χ1) is 4.81. The summed E-state index contributed by atoms with van der Waals surface area (Å²) >= 11 is 0.277. The summed E-state index contributed by atoms with van der Waals surface area (Å²) in [6.07, 6.45) is 3.23. The number of unbranched alkanes of at least 4 members (excludes halogenated alkanes) is 2. The van der Waals surface area contributed by atoms with E-state index < -0.39 is 5.97 Å². The Kier molecular flexibility index (Phi) is 6.64. The van der Waals surface area contributed by atoms with Crippen LogP contribution in [0.3, 0.4) is 0 Å². The van der Waals surface area contributed by atoms with Crippen molar-refractivity contribution in [3.8, 4) is 0 Å². The molecule has 0 aliphatic carbocycles. The quantitative estimate of drug-likeness (QED) is 0.555. The predicted molar refractivity (Wildman–Crippen MR) is 30.2 cm³/mol. The molecule has 0 bridgehead atoms. The van der Waals surface area contributed by atoms with Crippen LogP contribution in [0.2, 0.25) is 0 Å². The van der Waals surface area contributed by atoms with Crippen molar-refractivity contribution in [2.75, 3.05) is 0 Å². The van der Waals surface area contributed by atoms with E-state index in [-0.39, 0.29) is 11.3 Å². The van der Waals surface area contributed by atoms with Gasteiger partial charge >= 0.3 is 17.3 Å². The van der Waals surface area contributed by atoms with Crippen molar-refractivity contribution in [3.05, 3.63) is 0 Å². The lowest BCUT2D eigenvalue weighted by atomic mass is 10.2. The standard InChI is InChI=1S/C6H11ClO3/c1-2-3-4-5-6(8)10-7-9/h2-5H2,1H3. The first-order valence-corrected chi connectivity index (χ1v) is 3.89. The lowest BCUT2D eigenvalue weighted by Crippen LogP contribution is -2.10. The maximum absolute atomic E-state index is 10.5. The average Bonchev–Trinajstić information content (AvgIpc) is 1.89. The highest BCUT2D eigenvalue weighted by atomic mass is 35.6. The Labute approximate surface area is 64.4 Å². The van der Waals surface area contributed by atoms with Gasteiger partial charge in [-0.15, -0.1) is 0 Å². The van der Waals surface area contributed by atoms with Gasteiger partial charge in [0, 0.05) is 0 Å². The second-order valence-electron chi connectivity index (χ2n) is 1.97. The number of hydrogen-bond acceptors (Lipinski definition) is 3. The molecule has 0 unspecified atom stereocenters. The molecule has 0 aromatic rings. The third-order valence-electron chi connectivity index (χ3n) is 1.10. The van der Waals surface area contributed by atoms with Crippen LogP contribution >= 0.6 is 0 Å². The number of carbonyl (C=O) groups excluding carboxylic acids is 1. The first kappa shape index (κ1) is 9.72. The fourth-order valence-electron chi connectivity index (χ4n) is 0.593. The van der Waals surface area contributed by atoms with E-state index >= 15 is 0 Å². The lowest BCUT2D eigenvalue weighted by molar-refractivity contribution is -1.26. The van der Waals surface area contributed by atoms with E-state index in [0.717, 1.165) is 19.3 Å². The Morgan fingerprint density at radius 1 is 1.60 bits per heavy atom. The summed E-state index contributed by atoms with van der Waals surface area (Å²) in [5.74, 6) is -0.434. The monoisotopic (exact) mass is 166 g/mol. The van der Waals surface area contributed by atoms with Crippen LogP contribution in [0.25, 0.3) is 0 Å². The summed E-state index contributed by atoms with van der Waals surface area (Å²) in [6, 6.07) is 0. The molecule has 10 heavy (non-hydrogen) atoms. The summed E-state index contributed by atoms with van der Waals surface area (Å²) in [6.45, 7) is 2.05. The SMILES string of the molecule is CCCCCC(=O)O[Cl+][O-]. The minimum atomic E-state index is -0.434. The average molecular weight is 167 g/mol. The smallest absolute Gasteiger partial charge is 0.396 e. The summed E-state index contributed by atoms with van der Waals surface area (Å²) < 4.78 is 13.6. The molecule has 0 atom stereocenters. The second-order valence-corrected chi connectivity index (χ2v) is 2.25. The van der Waals surface area contributed by atoms with Crippen LogP contribution in [0.15, 0.2) is 0 Å². The van der Waals surface area contributed by atoms with Gasteiger partial charge in [-0.2, -0.15) is 4.29 Å². The predicted octanol–water partition coefficient (Wildman–Crippen LogP) is 0.385. The van der Waals surface area contributed by atoms with Gasteiger partial charge in [0.2, 0.25) is 0 Å². The molecule has 0 rings (SSSR count). The Morgan fingerprint density at radius 2 is 2.30 bits per heavy atom. The summed E-state index contributed by atoms with van der Waals surface area (Å²) in [5.41, 5.74) is 0. The highest BCUT2D eigenvalue weighted by Gasteiger charge is 2.06. The van der Waals surface area contributed by atoms with Crippen molar-refractivity contribution in [3.63, 3.8) is 0 Å². The fourth-order valence-corrected chi connectivity index (χ4v) is 0.740. The Balaban J connectivity index is 3.05. The number of rotatable bonds is 5. The molecule has 0 saturated carbocycles. The molecule has 0 spiro atoms. The van der Waals surface area contributed by atoms with Gasteiger partial charge in [-0.05, 0) is 6.42 Å². The molecular formula is C6H11ClO3. The van der Waals surface area contributed by atoms with Crippen molar-refractivity contribution in [2.24, 2.45) is 0 Å². The van der Waals surface area contributed by atoms with Crippen LogP contribution in [0.1, 0.15) is 32.6 Å². The van der Waals surface area contributed by atoms with Gasteiger partial charge in [0.25, 0.3) is 0 Å². The Morgan fingerprint density at radius 3 is 2.80 bits per heavy atom. The van der Waals surface area contributed by atoms with Crippen molar-refractivity contribution >= 4 is 5.97 Å². The van der Waals surface area contributed by atoms with Gasteiger partial charge in [0.05, 0.1) is 6.42 Å². The highest BCUT2D eigenvalue weighted by molar-refractivity contribution is 5.68. The molecule has 3 nitrogen and oxygen atoms in total. The third kappa shape index (κ3) is 5.85. The molecule has 0 saturated heterocycles. The molecule has 0 aliphatic heterocycles. The molecule has 0 aliphatic rings. The molecule has 4 heteroatoms. The summed E-state index contributed by atoms with van der Waals surface area (Å²) in [7, 11) is 0. The normalized spacial score (nSPS) is 9.40. The topological polar surface area (TPSA) is 49.4 Å². The molecule has 0 amide bonds. The number of hydrogen-bond donors (Lipinski definition) is 0. The molecule has 0 fully saturated rings. The van der Waals surface area contributed by atoms with Crippen LogP contribution in [-0.2, 0) is 9.08 Å². The second kappa shape index (κ2) is 6.83. The summed E-state index contributed by atoms with van der Waals surface area (Å²) in [4.78, 5) is 10.5.